The third kappa shape index (κ3) is 4.46. The van der Waals surface area contributed by atoms with E-state index in [0.717, 1.165) is 17.7 Å². The van der Waals surface area contributed by atoms with E-state index in [4.69, 9.17) is 4.74 Å². The summed E-state index contributed by atoms with van der Waals surface area (Å²) >= 11 is 0. The Morgan fingerprint density at radius 3 is 2.62 bits per heavy atom. The average Bonchev–Trinajstić information content (AvgIpc) is 2.46. The molecule has 0 spiro atoms. The molecule has 1 aromatic carbocycles. The third-order valence-electron chi connectivity index (χ3n) is 2.81. The zero-order valence-corrected chi connectivity index (χ0v) is 11.4. The first-order valence-corrected chi connectivity index (χ1v) is 6.37. The lowest BCUT2D eigenvalue weighted by Crippen LogP contribution is -2.07. The molecular weight excluding hydrogens is 281 g/mol. The van der Waals surface area contributed by atoms with E-state index in [1.54, 1.807) is 12.3 Å². The molecule has 0 saturated heterocycles. The lowest BCUT2D eigenvalue weighted by molar-refractivity contribution is -0.137. The van der Waals surface area contributed by atoms with Gasteiger partial charge in [-0.05, 0) is 36.9 Å². The second-order valence-corrected chi connectivity index (χ2v) is 4.50. The lowest BCUT2D eigenvalue weighted by atomic mass is 10.2. The second-order valence-electron chi connectivity index (χ2n) is 4.50. The highest BCUT2D eigenvalue weighted by Crippen LogP contribution is 2.31. The van der Waals surface area contributed by atoms with E-state index in [0.29, 0.717) is 12.2 Å². The minimum Gasteiger partial charge on any atom is -0.487 e. The van der Waals surface area contributed by atoms with Gasteiger partial charge in [0.05, 0.1) is 11.3 Å². The summed E-state index contributed by atoms with van der Waals surface area (Å²) in [5, 5.41) is 3.00. The SMILES string of the molecule is CNCc1ccc(COc2cccc(C(F)(F)F)c2)nc1. The Labute approximate surface area is 120 Å². The Morgan fingerprint density at radius 1 is 1.19 bits per heavy atom. The van der Waals surface area contributed by atoms with Crippen molar-refractivity contribution in [2.24, 2.45) is 0 Å². The first-order chi connectivity index (χ1) is 9.99. The van der Waals surface area contributed by atoms with E-state index >= 15 is 0 Å². The molecule has 0 aliphatic rings. The second kappa shape index (κ2) is 6.58. The van der Waals surface area contributed by atoms with Crippen LogP contribution in [0.25, 0.3) is 0 Å². The van der Waals surface area contributed by atoms with Gasteiger partial charge in [-0.15, -0.1) is 0 Å². The van der Waals surface area contributed by atoms with Crippen molar-refractivity contribution in [2.45, 2.75) is 19.3 Å². The fourth-order valence-corrected chi connectivity index (χ4v) is 1.77. The molecule has 0 bridgehead atoms. The first kappa shape index (κ1) is 15.3. The lowest BCUT2D eigenvalue weighted by Gasteiger charge is -2.10. The number of halogens is 3. The number of pyridine rings is 1. The number of rotatable bonds is 5. The Kier molecular flexibility index (Phi) is 4.80. The van der Waals surface area contributed by atoms with Gasteiger partial charge in [0.25, 0.3) is 0 Å². The summed E-state index contributed by atoms with van der Waals surface area (Å²) in [6.45, 7) is 0.836. The van der Waals surface area contributed by atoms with Crippen LogP contribution in [-0.2, 0) is 19.3 Å². The van der Waals surface area contributed by atoms with Crippen LogP contribution in [-0.4, -0.2) is 12.0 Å². The standard InChI is InChI=1S/C15H15F3N2O/c1-19-8-11-5-6-13(20-9-11)10-21-14-4-2-3-12(7-14)15(16,17)18/h2-7,9,19H,8,10H2,1H3. The van der Waals surface area contributed by atoms with E-state index in [1.165, 1.54) is 12.1 Å². The molecule has 3 nitrogen and oxygen atoms in total. The maximum atomic E-state index is 12.6. The third-order valence-corrected chi connectivity index (χ3v) is 2.81. The van der Waals surface area contributed by atoms with Gasteiger partial charge in [-0.25, -0.2) is 0 Å². The zero-order chi connectivity index (χ0) is 15.3. The van der Waals surface area contributed by atoms with Crippen LogP contribution in [0.1, 0.15) is 16.8 Å². The van der Waals surface area contributed by atoms with E-state index < -0.39 is 11.7 Å². The molecule has 2 rings (SSSR count). The number of benzene rings is 1. The Morgan fingerprint density at radius 2 is 2.00 bits per heavy atom. The topological polar surface area (TPSA) is 34.1 Å². The molecule has 0 aliphatic carbocycles. The van der Waals surface area contributed by atoms with Gasteiger partial charge >= 0.3 is 6.18 Å². The number of nitrogens with one attached hydrogen (secondary N) is 1. The minimum absolute atomic E-state index is 0.126. The number of hydrogen-bond acceptors (Lipinski definition) is 3. The van der Waals surface area contributed by atoms with Gasteiger partial charge in [-0.3, -0.25) is 4.98 Å². The minimum atomic E-state index is -4.37. The molecule has 0 amide bonds. The van der Waals surface area contributed by atoms with Crippen LogP contribution in [0, 0.1) is 0 Å². The van der Waals surface area contributed by atoms with Gasteiger partial charge < -0.3 is 10.1 Å². The van der Waals surface area contributed by atoms with Crippen LogP contribution >= 0.6 is 0 Å². The van der Waals surface area contributed by atoms with Crippen molar-refractivity contribution >= 4 is 0 Å². The quantitative estimate of drug-likeness (QED) is 0.918. The van der Waals surface area contributed by atoms with Crippen LogP contribution in [0.15, 0.2) is 42.6 Å². The van der Waals surface area contributed by atoms with Crippen LogP contribution in [0.4, 0.5) is 13.2 Å². The predicted octanol–water partition coefficient (Wildman–Crippen LogP) is 3.40. The Hall–Kier alpha value is -2.08. The number of nitrogens with zero attached hydrogens (tertiary/aromatic N) is 1. The molecule has 0 aliphatic heterocycles. The van der Waals surface area contributed by atoms with Gasteiger partial charge in [0.15, 0.2) is 0 Å². The normalized spacial score (nSPS) is 11.4. The molecule has 0 radical (unpaired) electrons. The maximum absolute atomic E-state index is 12.6. The fraction of sp³-hybridized carbons (Fsp3) is 0.267. The summed E-state index contributed by atoms with van der Waals surface area (Å²) in [6, 6.07) is 8.49. The summed E-state index contributed by atoms with van der Waals surface area (Å²) in [6.07, 6.45) is -2.66. The number of ether oxygens (including phenoxy) is 1. The highest BCUT2D eigenvalue weighted by Gasteiger charge is 2.30. The van der Waals surface area contributed by atoms with E-state index in [1.807, 2.05) is 13.1 Å². The van der Waals surface area contributed by atoms with Gasteiger partial charge in [-0.1, -0.05) is 12.1 Å². The van der Waals surface area contributed by atoms with Gasteiger partial charge in [0, 0.05) is 12.7 Å². The van der Waals surface area contributed by atoms with Crippen LogP contribution in [0.3, 0.4) is 0 Å². The van der Waals surface area contributed by atoms with Crippen LogP contribution in [0.2, 0.25) is 0 Å². The molecule has 0 fully saturated rings. The van der Waals surface area contributed by atoms with Crippen molar-refractivity contribution in [1.29, 1.82) is 0 Å². The maximum Gasteiger partial charge on any atom is 0.416 e. The molecule has 1 aromatic heterocycles. The average molecular weight is 296 g/mol. The van der Waals surface area contributed by atoms with E-state index in [9.17, 15) is 13.2 Å². The zero-order valence-electron chi connectivity index (χ0n) is 11.4. The van der Waals surface area contributed by atoms with Crippen LogP contribution < -0.4 is 10.1 Å². The van der Waals surface area contributed by atoms with Crippen molar-refractivity contribution in [1.82, 2.24) is 10.3 Å². The molecule has 0 unspecified atom stereocenters. The Balaban J connectivity index is 1.99. The summed E-state index contributed by atoms with van der Waals surface area (Å²) in [5.74, 6) is 0.172. The summed E-state index contributed by atoms with van der Waals surface area (Å²) in [4.78, 5) is 4.20. The molecule has 2 aromatic rings. The number of aromatic nitrogens is 1. The highest BCUT2D eigenvalue weighted by molar-refractivity contribution is 5.30. The molecule has 112 valence electrons. The summed E-state index contributed by atoms with van der Waals surface area (Å²) in [7, 11) is 1.84. The van der Waals surface area contributed by atoms with E-state index in [2.05, 4.69) is 10.3 Å². The molecule has 0 atom stereocenters. The molecule has 21 heavy (non-hydrogen) atoms. The highest BCUT2D eigenvalue weighted by atomic mass is 19.4. The largest absolute Gasteiger partial charge is 0.487 e. The molecule has 1 N–H and O–H groups in total. The van der Waals surface area contributed by atoms with Gasteiger partial charge in [0.1, 0.15) is 12.4 Å². The Bertz CT molecular complexity index is 582. The number of alkyl halides is 3. The molecule has 6 heteroatoms. The summed E-state index contributed by atoms with van der Waals surface area (Å²) < 4.78 is 43.1. The van der Waals surface area contributed by atoms with Gasteiger partial charge in [-0.2, -0.15) is 13.2 Å². The van der Waals surface area contributed by atoms with Crippen LogP contribution in [0.5, 0.6) is 5.75 Å². The monoisotopic (exact) mass is 296 g/mol. The van der Waals surface area contributed by atoms with Crippen molar-refractivity contribution in [3.8, 4) is 5.75 Å². The molecule has 0 saturated carbocycles. The van der Waals surface area contributed by atoms with Crippen molar-refractivity contribution in [3.05, 3.63) is 59.4 Å². The molecule has 1 heterocycles. The predicted molar refractivity (Wildman–Crippen MR) is 72.8 cm³/mol. The van der Waals surface area contributed by atoms with Crippen molar-refractivity contribution in [3.63, 3.8) is 0 Å². The smallest absolute Gasteiger partial charge is 0.416 e. The molecular formula is C15H15F3N2O. The fourth-order valence-electron chi connectivity index (χ4n) is 1.77. The van der Waals surface area contributed by atoms with E-state index in [-0.39, 0.29) is 12.4 Å². The number of hydrogen-bond donors (Lipinski definition) is 1. The van der Waals surface area contributed by atoms with Gasteiger partial charge in [0.2, 0.25) is 0 Å². The van der Waals surface area contributed by atoms with Crippen molar-refractivity contribution in [2.75, 3.05) is 7.05 Å². The van der Waals surface area contributed by atoms with Crippen molar-refractivity contribution < 1.29 is 17.9 Å². The summed E-state index contributed by atoms with van der Waals surface area (Å²) in [5.41, 5.74) is 0.963. The first-order valence-electron chi connectivity index (χ1n) is 6.37.